The average Bonchev–Trinajstić information content (AvgIpc) is 3.10. The number of ether oxygens (including phenoxy) is 1. The van der Waals surface area contributed by atoms with E-state index in [2.05, 4.69) is 4.74 Å². The van der Waals surface area contributed by atoms with Crippen LogP contribution in [0.5, 0.6) is 5.75 Å². The molecule has 0 radical (unpaired) electrons. The number of methoxy groups -OCH3 is 1. The molecule has 2 heterocycles. The highest BCUT2D eigenvalue weighted by Gasteiger charge is 2.42. The molecule has 4 amide bonds. The highest BCUT2D eigenvalue weighted by Crippen LogP contribution is 2.30. The number of urea groups is 1. The fourth-order valence-electron chi connectivity index (χ4n) is 4.10. The first-order chi connectivity index (χ1) is 15.3. The molecule has 0 spiro atoms. The number of amides is 4. The molecule has 2 aromatic rings. The minimum Gasteiger partial charge on any atom is -0.491 e. The lowest BCUT2D eigenvalue weighted by Crippen LogP contribution is -2.48. The molecule has 32 heavy (non-hydrogen) atoms. The first-order valence-electron chi connectivity index (χ1n) is 10.0. The Morgan fingerprint density at radius 1 is 1.03 bits per heavy atom. The van der Waals surface area contributed by atoms with E-state index >= 15 is 0 Å². The fraction of sp³-hybridized carbons (Fsp3) is 0.318. The van der Waals surface area contributed by atoms with Crippen molar-refractivity contribution in [3.63, 3.8) is 0 Å². The Balaban J connectivity index is 1.45. The molecule has 0 atom stereocenters. The van der Waals surface area contributed by atoms with E-state index < -0.39 is 40.7 Å². The molecule has 2 aliphatic heterocycles. The van der Waals surface area contributed by atoms with E-state index in [4.69, 9.17) is 0 Å². The normalized spacial score (nSPS) is 17.3. The SMILES string of the molecule is COc1c(F)c(F)cc(C(=O)N2CCC(N3CC(=O)N(c4ccccc4)C3=O)CC2)c1F. The number of likely N-dealkylation sites (tertiary alicyclic amines) is 1. The Morgan fingerprint density at radius 3 is 2.31 bits per heavy atom. The zero-order valence-corrected chi connectivity index (χ0v) is 17.2. The van der Waals surface area contributed by atoms with Crippen molar-refractivity contribution < 1.29 is 32.3 Å². The third-order valence-corrected chi connectivity index (χ3v) is 5.75. The van der Waals surface area contributed by atoms with Gasteiger partial charge < -0.3 is 14.5 Å². The number of carbonyl (C=O) groups excluding carboxylic acids is 3. The van der Waals surface area contributed by atoms with Crippen molar-refractivity contribution in [2.75, 3.05) is 31.6 Å². The Bertz CT molecular complexity index is 1070. The van der Waals surface area contributed by atoms with Crippen LogP contribution in [0.3, 0.4) is 0 Å². The smallest absolute Gasteiger partial charge is 0.332 e. The van der Waals surface area contributed by atoms with Crippen LogP contribution in [-0.2, 0) is 4.79 Å². The summed E-state index contributed by atoms with van der Waals surface area (Å²) in [5.41, 5.74) is -0.137. The number of hydrogen-bond acceptors (Lipinski definition) is 4. The summed E-state index contributed by atoms with van der Waals surface area (Å²) in [5, 5.41) is 0. The van der Waals surface area contributed by atoms with Crippen molar-refractivity contribution in [3.8, 4) is 5.75 Å². The monoisotopic (exact) mass is 447 g/mol. The van der Waals surface area contributed by atoms with Gasteiger partial charge in [-0.2, -0.15) is 4.39 Å². The lowest BCUT2D eigenvalue weighted by Gasteiger charge is -2.36. The summed E-state index contributed by atoms with van der Waals surface area (Å²) in [6.45, 7) is 0.252. The van der Waals surface area contributed by atoms with Gasteiger partial charge in [0.25, 0.3) is 11.8 Å². The number of halogens is 3. The van der Waals surface area contributed by atoms with Crippen molar-refractivity contribution in [3.05, 3.63) is 59.4 Å². The largest absolute Gasteiger partial charge is 0.491 e. The molecule has 2 fully saturated rings. The molecule has 0 unspecified atom stereocenters. The van der Waals surface area contributed by atoms with Crippen molar-refractivity contribution >= 4 is 23.5 Å². The van der Waals surface area contributed by atoms with Crippen LogP contribution < -0.4 is 9.64 Å². The van der Waals surface area contributed by atoms with Crippen molar-refractivity contribution in [1.29, 1.82) is 0 Å². The average molecular weight is 447 g/mol. The van der Waals surface area contributed by atoms with E-state index in [1.165, 1.54) is 9.80 Å². The highest BCUT2D eigenvalue weighted by molar-refractivity contribution is 6.19. The van der Waals surface area contributed by atoms with Gasteiger partial charge in [0.1, 0.15) is 6.54 Å². The first-order valence-corrected chi connectivity index (χ1v) is 10.0. The second kappa shape index (κ2) is 8.52. The summed E-state index contributed by atoms with van der Waals surface area (Å²) in [4.78, 5) is 41.9. The number of hydrogen-bond donors (Lipinski definition) is 0. The minimum atomic E-state index is -1.50. The van der Waals surface area contributed by atoms with Gasteiger partial charge in [0, 0.05) is 19.1 Å². The Kier molecular flexibility index (Phi) is 5.77. The lowest BCUT2D eigenvalue weighted by atomic mass is 10.0. The van der Waals surface area contributed by atoms with Crippen molar-refractivity contribution in [2.24, 2.45) is 0 Å². The quantitative estimate of drug-likeness (QED) is 0.533. The van der Waals surface area contributed by atoms with Gasteiger partial charge in [0.2, 0.25) is 5.82 Å². The van der Waals surface area contributed by atoms with Gasteiger partial charge in [-0.1, -0.05) is 18.2 Å². The number of imide groups is 1. The maximum absolute atomic E-state index is 14.5. The van der Waals surface area contributed by atoms with Crippen LogP contribution in [0.2, 0.25) is 0 Å². The third-order valence-electron chi connectivity index (χ3n) is 5.75. The molecule has 4 rings (SSSR count). The molecule has 2 aromatic carbocycles. The molecule has 0 aliphatic carbocycles. The van der Waals surface area contributed by atoms with E-state index in [9.17, 15) is 27.6 Å². The maximum Gasteiger partial charge on any atom is 0.332 e. The van der Waals surface area contributed by atoms with Gasteiger partial charge in [-0.15, -0.1) is 0 Å². The van der Waals surface area contributed by atoms with Gasteiger partial charge in [0.05, 0.1) is 18.4 Å². The van der Waals surface area contributed by atoms with Gasteiger partial charge >= 0.3 is 6.03 Å². The lowest BCUT2D eigenvalue weighted by molar-refractivity contribution is -0.116. The summed E-state index contributed by atoms with van der Waals surface area (Å²) >= 11 is 0. The number of carbonyl (C=O) groups is 3. The second-order valence-corrected chi connectivity index (χ2v) is 7.57. The van der Waals surface area contributed by atoms with E-state index in [0.29, 0.717) is 24.6 Å². The summed E-state index contributed by atoms with van der Waals surface area (Å²) in [6, 6.07) is 8.39. The van der Waals surface area contributed by atoms with Gasteiger partial charge in [-0.25, -0.2) is 18.5 Å². The molecule has 0 saturated carbocycles. The molecular weight excluding hydrogens is 427 g/mol. The fourth-order valence-corrected chi connectivity index (χ4v) is 4.10. The number of anilines is 1. The predicted molar refractivity (Wildman–Crippen MR) is 108 cm³/mol. The topological polar surface area (TPSA) is 70.2 Å². The molecule has 0 aromatic heterocycles. The number of para-hydroxylation sites is 1. The summed E-state index contributed by atoms with van der Waals surface area (Å²) < 4.78 is 46.5. The zero-order chi connectivity index (χ0) is 23.0. The van der Waals surface area contributed by atoms with Gasteiger partial charge in [-0.3, -0.25) is 9.59 Å². The first kappa shape index (κ1) is 21.7. The van der Waals surface area contributed by atoms with E-state index in [-0.39, 0.29) is 31.6 Å². The van der Waals surface area contributed by atoms with Crippen LogP contribution in [0.25, 0.3) is 0 Å². The maximum atomic E-state index is 14.5. The van der Waals surface area contributed by atoms with E-state index in [1.54, 1.807) is 30.3 Å². The Morgan fingerprint density at radius 2 is 1.69 bits per heavy atom. The molecular formula is C22H20F3N3O4. The van der Waals surface area contributed by atoms with E-state index in [1.807, 2.05) is 0 Å². The van der Waals surface area contributed by atoms with Crippen LogP contribution in [0.1, 0.15) is 23.2 Å². The third kappa shape index (κ3) is 3.65. The van der Waals surface area contributed by atoms with Crippen molar-refractivity contribution in [2.45, 2.75) is 18.9 Å². The summed E-state index contributed by atoms with van der Waals surface area (Å²) in [5.74, 6) is -6.24. The second-order valence-electron chi connectivity index (χ2n) is 7.57. The summed E-state index contributed by atoms with van der Waals surface area (Å²) in [6.07, 6.45) is 0.714. The highest BCUT2D eigenvalue weighted by atomic mass is 19.2. The van der Waals surface area contributed by atoms with E-state index in [0.717, 1.165) is 12.0 Å². The molecule has 2 saturated heterocycles. The van der Waals surface area contributed by atoms with Gasteiger partial charge in [-0.05, 0) is 31.0 Å². The Labute approximate surface area is 182 Å². The van der Waals surface area contributed by atoms with Crippen LogP contribution >= 0.6 is 0 Å². The molecule has 168 valence electrons. The van der Waals surface area contributed by atoms with Crippen LogP contribution in [-0.4, -0.2) is 60.4 Å². The standard InChI is InChI=1S/C22H20F3N3O4/c1-32-20-18(24)15(11-16(23)19(20)25)21(30)26-9-7-13(8-10-26)27-12-17(29)28(22(27)31)14-5-3-2-4-6-14/h2-6,11,13H,7-10,12H2,1H3. The molecule has 0 bridgehead atoms. The predicted octanol–water partition coefficient (Wildman–Crippen LogP) is 3.19. The number of nitrogens with zero attached hydrogens (tertiary/aromatic N) is 3. The molecule has 0 N–H and O–H groups in total. The molecule has 7 nitrogen and oxygen atoms in total. The van der Waals surface area contributed by atoms with Crippen LogP contribution in [0.15, 0.2) is 36.4 Å². The van der Waals surface area contributed by atoms with Crippen molar-refractivity contribution in [1.82, 2.24) is 9.80 Å². The molecule has 10 heteroatoms. The molecule has 2 aliphatic rings. The zero-order valence-electron chi connectivity index (χ0n) is 17.2. The van der Waals surface area contributed by atoms with Crippen LogP contribution in [0.4, 0.5) is 23.7 Å². The number of piperidine rings is 1. The Hall–Kier alpha value is -3.56. The number of rotatable bonds is 4. The number of benzene rings is 2. The summed E-state index contributed by atoms with van der Waals surface area (Å²) in [7, 11) is 0.980. The minimum absolute atomic E-state index is 0.0681. The van der Waals surface area contributed by atoms with Crippen LogP contribution in [0, 0.1) is 17.5 Å². The van der Waals surface area contributed by atoms with Gasteiger partial charge in [0.15, 0.2) is 17.4 Å².